The molecule has 1 aromatic heterocycles. The quantitative estimate of drug-likeness (QED) is 0.874. The highest BCUT2D eigenvalue weighted by Gasteiger charge is 2.11. The molecule has 0 amide bonds. The number of aromatic nitrogens is 1. The van der Waals surface area contributed by atoms with Crippen molar-refractivity contribution in [2.45, 2.75) is 9.92 Å². The van der Waals surface area contributed by atoms with E-state index in [1.165, 1.54) is 37.1 Å². The van der Waals surface area contributed by atoms with E-state index >= 15 is 0 Å². The Kier molecular flexibility index (Phi) is 4.01. The number of pyridine rings is 1. The Balaban J connectivity index is 2.31. The molecule has 0 spiro atoms. The van der Waals surface area contributed by atoms with E-state index in [9.17, 15) is 9.18 Å². The molecule has 2 aromatic rings. The van der Waals surface area contributed by atoms with Gasteiger partial charge in [0, 0.05) is 4.90 Å². The number of esters is 1. The van der Waals surface area contributed by atoms with Crippen LogP contribution in [0.4, 0.5) is 10.1 Å². The van der Waals surface area contributed by atoms with E-state index in [-0.39, 0.29) is 11.5 Å². The maximum absolute atomic E-state index is 13.1. The predicted molar refractivity (Wildman–Crippen MR) is 70.5 cm³/mol. The van der Waals surface area contributed by atoms with Crippen molar-refractivity contribution in [3.8, 4) is 0 Å². The lowest BCUT2D eigenvalue weighted by Gasteiger charge is -2.06. The Morgan fingerprint density at radius 3 is 2.84 bits per heavy atom. The molecule has 2 rings (SSSR count). The van der Waals surface area contributed by atoms with Crippen LogP contribution < -0.4 is 5.73 Å². The summed E-state index contributed by atoms with van der Waals surface area (Å²) in [4.78, 5) is 16.2. The zero-order valence-electron chi connectivity index (χ0n) is 10.1. The Bertz CT molecular complexity index is 619. The van der Waals surface area contributed by atoms with Gasteiger partial charge in [-0.15, -0.1) is 0 Å². The van der Waals surface area contributed by atoms with Crippen LogP contribution in [0.3, 0.4) is 0 Å². The molecule has 0 fully saturated rings. The van der Waals surface area contributed by atoms with Crippen LogP contribution in [0, 0.1) is 5.82 Å². The molecule has 98 valence electrons. The molecule has 0 aliphatic heterocycles. The summed E-state index contributed by atoms with van der Waals surface area (Å²) in [5, 5.41) is 0.438. The van der Waals surface area contributed by atoms with Crippen molar-refractivity contribution < 1.29 is 13.9 Å². The van der Waals surface area contributed by atoms with E-state index in [4.69, 9.17) is 5.73 Å². The molecule has 0 atom stereocenters. The summed E-state index contributed by atoms with van der Waals surface area (Å²) >= 11 is 1.19. The van der Waals surface area contributed by atoms with Gasteiger partial charge in [0.25, 0.3) is 0 Å². The molecule has 2 N–H and O–H groups in total. The zero-order chi connectivity index (χ0) is 13.8. The van der Waals surface area contributed by atoms with Crippen LogP contribution in [0.15, 0.2) is 46.3 Å². The Morgan fingerprint density at radius 1 is 1.37 bits per heavy atom. The summed E-state index contributed by atoms with van der Waals surface area (Å²) in [6, 6.07) is 9.11. The first-order valence-corrected chi connectivity index (χ1v) is 6.20. The van der Waals surface area contributed by atoms with Gasteiger partial charge >= 0.3 is 5.97 Å². The van der Waals surface area contributed by atoms with Gasteiger partial charge in [0.2, 0.25) is 0 Å². The van der Waals surface area contributed by atoms with Crippen LogP contribution >= 0.6 is 11.8 Å². The molecular weight excluding hydrogens is 267 g/mol. The highest BCUT2D eigenvalue weighted by Crippen LogP contribution is 2.30. The van der Waals surface area contributed by atoms with Gasteiger partial charge < -0.3 is 10.5 Å². The van der Waals surface area contributed by atoms with Crippen LogP contribution in [-0.2, 0) is 4.74 Å². The highest BCUT2D eigenvalue weighted by molar-refractivity contribution is 7.99. The number of carbonyl (C=O) groups excluding carboxylic acids is 1. The summed E-state index contributed by atoms with van der Waals surface area (Å²) in [5.41, 5.74) is 6.37. The fraction of sp³-hybridized carbons (Fsp3) is 0.0769. The minimum Gasteiger partial charge on any atom is -0.464 e. The molecule has 0 unspecified atom stereocenters. The molecule has 19 heavy (non-hydrogen) atoms. The van der Waals surface area contributed by atoms with E-state index in [0.717, 1.165) is 0 Å². The number of nitrogen functional groups attached to an aromatic ring is 1. The number of rotatable bonds is 3. The SMILES string of the molecule is COC(=O)c1ccc(N)c(Sc2cccc(F)c2)n1. The molecule has 4 nitrogen and oxygen atoms in total. The fourth-order valence-corrected chi connectivity index (χ4v) is 2.26. The number of ether oxygens (including phenoxy) is 1. The number of hydrogen-bond donors (Lipinski definition) is 1. The molecule has 0 saturated carbocycles. The van der Waals surface area contributed by atoms with Gasteiger partial charge in [-0.25, -0.2) is 14.2 Å². The van der Waals surface area contributed by atoms with Gasteiger partial charge in [0.1, 0.15) is 16.5 Å². The van der Waals surface area contributed by atoms with E-state index in [1.54, 1.807) is 18.2 Å². The van der Waals surface area contributed by atoms with E-state index in [1.807, 2.05) is 0 Å². The summed E-state index contributed by atoms with van der Waals surface area (Å²) < 4.78 is 17.7. The molecule has 0 radical (unpaired) electrons. The highest BCUT2D eigenvalue weighted by atomic mass is 32.2. The Hall–Kier alpha value is -2.08. The Morgan fingerprint density at radius 2 is 2.16 bits per heavy atom. The minimum atomic E-state index is -0.541. The average Bonchev–Trinajstić information content (AvgIpc) is 2.40. The standard InChI is InChI=1S/C13H11FN2O2S/c1-18-13(17)11-6-5-10(15)12(16-11)19-9-4-2-3-8(14)7-9/h2-7H,15H2,1H3. The molecule has 0 bridgehead atoms. The minimum absolute atomic E-state index is 0.163. The smallest absolute Gasteiger partial charge is 0.356 e. The van der Waals surface area contributed by atoms with Crippen molar-refractivity contribution >= 4 is 23.4 Å². The molecular formula is C13H11FN2O2S. The molecule has 6 heteroatoms. The zero-order valence-corrected chi connectivity index (χ0v) is 10.9. The number of methoxy groups -OCH3 is 1. The topological polar surface area (TPSA) is 65.2 Å². The number of carbonyl (C=O) groups is 1. The molecule has 0 aliphatic carbocycles. The second-order valence-corrected chi connectivity index (χ2v) is 4.70. The van der Waals surface area contributed by atoms with Crippen LogP contribution in [0.5, 0.6) is 0 Å². The largest absolute Gasteiger partial charge is 0.464 e. The van der Waals surface area contributed by atoms with Crippen molar-refractivity contribution in [2.24, 2.45) is 0 Å². The first-order valence-electron chi connectivity index (χ1n) is 5.38. The summed E-state index contributed by atoms with van der Waals surface area (Å²) in [7, 11) is 1.28. The second-order valence-electron chi connectivity index (χ2n) is 3.64. The second kappa shape index (κ2) is 5.71. The number of nitrogens with zero attached hydrogens (tertiary/aromatic N) is 1. The van der Waals surface area contributed by atoms with Crippen molar-refractivity contribution in [3.05, 3.63) is 47.9 Å². The number of benzene rings is 1. The van der Waals surface area contributed by atoms with Crippen LogP contribution in [0.25, 0.3) is 0 Å². The summed E-state index contributed by atoms with van der Waals surface area (Å²) in [6.07, 6.45) is 0. The number of anilines is 1. The number of hydrogen-bond acceptors (Lipinski definition) is 5. The van der Waals surface area contributed by atoms with E-state index in [0.29, 0.717) is 15.6 Å². The molecule has 0 saturated heterocycles. The van der Waals surface area contributed by atoms with Gasteiger partial charge in [-0.2, -0.15) is 0 Å². The predicted octanol–water partition coefficient (Wildman–Crippen LogP) is 2.74. The van der Waals surface area contributed by atoms with Crippen LogP contribution in [-0.4, -0.2) is 18.1 Å². The summed E-state index contributed by atoms with van der Waals surface area (Å²) in [6.45, 7) is 0. The normalized spacial score (nSPS) is 10.2. The van der Waals surface area contributed by atoms with E-state index < -0.39 is 5.97 Å². The molecule has 0 aliphatic rings. The number of nitrogens with two attached hydrogens (primary N) is 1. The van der Waals surface area contributed by atoms with Gasteiger partial charge in [-0.3, -0.25) is 0 Å². The first kappa shape index (κ1) is 13.4. The maximum atomic E-state index is 13.1. The summed E-state index contributed by atoms with van der Waals surface area (Å²) in [5.74, 6) is -0.881. The van der Waals surface area contributed by atoms with Crippen molar-refractivity contribution in [1.82, 2.24) is 4.98 Å². The van der Waals surface area contributed by atoms with Crippen LogP contribution in [0.2, 0.25) is 0 Å². The van der Waals surface area contributed by atoms with Crippen molar-refractivity contribution in [1.29, 1.82) is 0 Å². The van der Waals surface area contributed by atoms with E-state index in [2.05, 4.69) is 9.72 Å². The fourth-order valence-electron chi connectivity index (χ4n) is 1.39. The first-order chi connectivity index (χ1) is 9.10. The maximum Gasteiger partial charge on any atom is 0.356 e. The third-order valence-corrected chi connectivity index (χ3v) is 3.30. The third kappa shape index (κ3) is 3.23. The molecule has 1 heterocycles. The lowest BCUT2D eigenvalue weighted by molar-refractivity contribution is 0.0593. The van der Waals surface area contributed by atoms with Gasteiger partial charge in [0.05, 0.1) is 12.8 Å². The lowest BCUT2D eigenvalue weighted by atomic mass is 10.3. The number of halogens is 1. The Labute approximate surface area is 113 Å². The van der Waals surface area contributed by atoms with Crippen LogP contribution in [0.1, 0.15) is 10.5 Å². The van der Waals surface area contributed by atoms with Gasteiger partial charge in [-0.05, 0) is 30.3 Å². The monoisotopic (exact) mass is 278 g/mol. The third-order valence-electron chi connectivity index (χ3n) is 2.29. The lowest BCUT2D eigenvalue weighted by Crippen LogP contribution is -2.05. The molecule has 1 aromatic carbocycles. The average molecular weight is 278 g/mol. The van der Waals surface area contributed by atoms with Crippen molar-refractivity contribution in [3.63, 3.8) is 0 Å². The van der Waals surface area contributed by atoms with Gasteiger partial charge in [-0.1, -0.05) is 17.8 Å². The van der Waals surface area contributed by atoms with Gasteiger partial charge in [0.15, 0.2) is 0 Å². The van der Waals surface area contributed by atoms with Crippen molar-refractivity contribution in [2.75, 3.05) is 12.8 Å².